The minimum absolute atomic E-state index is 0.136. The van der Waals surface area contributed by atoms with E-state index in [9.17, 15) is 4.39 Å². The van der Waals surface area contributed by atoms with E-state index in [2.05, 4.69) is 41.6 Å². The van der Waals surface area contributed by atoms with Gasteiger partial charge >= 0.3 is 0 Å². The fourth-order valence-corrected chi connectivity index (χ4v) is 2.52. The molecule has 1 atom stereocenters. The zero-order valence-electron chi connectivity index (χ0n) is 10.6. The van der Waals surface area contributed by atoms with Crippen molar-refractivity contribution in [3.63, 3.8) is 0 Å². The fourth-order valence-electron chi connectivity index (χ4n) is 2.13. The van der Waals surface area contributed by atoms with Gasteiger partial charge in [-0.1, -0.05) is 13.0 Å². The highest BCUT2D eigenvalue weighted by Gasteiger charge is 2.20. The van der Waals surface area contributed by atoms with Crippen LogP contribution >= 0.6 is 15.9 Å². The van der Waals surface area contributed by atoms with Crippen LogP contribution in [-0.2, 0) is 0 Å². The van der Waals surface area contributed by atoms with Gasteiger partial charge in [0, 0.05) is 18.6 Å². The Kier molecular flexibility index (Phi) is 5.56. The molecule has 1 aromatic carbocycles. The van der Waals surface area contributed by atoms with Crippen LogP contribution in [0.5, 0.6) is 0 Å². The Morgan fingerprint density at radius 1 is 1.41 bits per heavy atom. The van der Waals surface area contributed by atoms with E-state index in [-0.39, 0.29) is 11.9 Å². The summed E-state index contributed by atoms with van der Waals surface area (Å²) in [4.78, 5) is 2.31. The molecule has 0 aromatic heterocycles. The molecular formula is C13H20BrFN2. The number of nitrogens with two attached hydrogens (primary N) is 1. The van der Waals surface area contributed by atoms with E-state index in [0.29, 0.717) is 17.1 Å². The van der Waals surface area contributed by atoms with Gasteiger partial charge in [0.05, 0.1) is 4.47 Å². The molecule has 0 radical (unpaired) electrons. The second-order valence-corrected chi connectivity index (χ2v) is 5.20. The van der Waals surface area contributed by atoms with Crippen molar-refractivity contribution in [1.29, 1.82) is 0 Å². The quantitative estimate of drug-likeness (QED) is 0.904. The number of hydrogen-bond donors (Lipinski definition) is 1. The average molecular weight is 303 g/mol. The van der Waals surface area contributed by atoms with Crippen molar-refractivity contribution in [3.8, 4) is 0 Å². The summed E-state index contributed by atoms with van der Waals surface area (Å²) in [5, 5.41) is 0. The molecule has 1 rings (SSSR count). The predicted octanol–water partition coefficient (Wildman–Crippen LogP) is 3.32. The Hall–Kier alpha value is -0.450. The van der Waals surface area contributed by atoms with E-state index in [0.717, 1.165) is 12.1 Å². The lowest BCUT2D eigenvalue weighted by atomic mass is 10.0. The van der Waals surface area contributed by atoms with Crippen LogP contribution in [0, 0.1) is 5.82 Å². The van der Waals surface area contributed by atoms with Crippen molar-refractivity contribution in [2.24, 2.45) is 5.73 Å². The minimum Gasteiger partial charge on any atom is -0.329 e. The van der Waals surface area contributed by atoms with E-state index in [1.807, 2.05) is 12.1 Å². The summed E-state index contributed by atoms with van der Waals surface area (Å²) in [6, 6.07) is 5.66. The zero-order valence-corrected chi connectivity index (χ0v) is 12.2. The van der Waals surface area contributed by atoms with Gasteiger partial charge in [-0.3, -0.25) is 4.90 Å². The van der Waals surface area contributed by atoms with Gasteiger partial charge < -0.3 is 5.73 Å². The van der Waals surface area contributed by atoms with Crippen molar-refractivity contribution in [3.05, 3.63) is 34.1 Å². The van der Waals surface area contributed by atoms with Gasteiger partial charge in [0.1, 0.15) is 5.82 Å². The molecule has 0 saturated carbocycles. The first-order valence-corrected chi connectivity index (χ1v) is 6.71. The van der Waals surface area contributed by atoms with E-state index < -0.39 is 0 Å². The Bertz CT molecular complexity index is 368. The minimum atomic E-state index is -0.239. The number of likely N-dealkylation sites (N-methyl/N-ethyl adjacent to an activating group) is 1. The maximum absolute atomic E-state index is 13.2. The van der Waals surface area contributed by atoms with Gasteiger partial charge in [-0.05, 0) is 54.0 Å². The molecule has 0 saturated heterocycles. The summed E-state index contributed by atoms with van der Waals surface area (Å²) >= 11 is 3.22. The van der Waals surface area contributed by atoms with Crippen molar-refractivity contribution < 1.29 is 4.39 Å². The van der Waals surface area contributed by atoms with Gasteiger partial charge in [-0.2, -0.15) is 0 Å². The molecule has 0 spiro atoms. The lowest BCUT2D eigenvalue weighted by molar-refractivity contribution is 0.166. The number of rotatable bonds is 5. The highest BCUT2D eigenvalue weighted by molar-refractivity contribution is 9.10. The molecule has 2 N–H and O–H groups in total. The average Bonchev–Trinajstić information content (AvgIpc) is 2.29. The molecule has 2 nitrogen and oxygen atoms in total. The summed E-state index contributed by atoms with van der Waals surface area (Å²) in [7, 11) is 0. The summed E-state index contributed by atoms with van der Waals surface area (Å²) in [6.45, 7) is 7.86. The summed E-state index contributed by atoms with van der Waals surface area (Å²) in [5.41, 5.74) is 6.91. The normalized spacial score (nSPS) is 13.4. The molecule has 0 heterocycles. The van der Waals surface area contributed by atoms with Crippen molar-refractivity contribution in [2.75, 3.05) is 13.1 Å². The summed E-state index contributed by atoms with van der Waals surface area (Å²) < 4.78 is 13.7. The van der Waals surface area contributed by atoms with E-state index in [1.165, 1.54) is 6.07 Å². The first kappa shape index (κ1) is 14.6. The van der Waals surface area contributed by atoms with Crippen molar-refractivity contribution in [2.45, 2.75) is 32.9 Å². The first-order valence-electron chi connectivity index (χ1n) is 5.92. The number of nitrogens with zero attached hydrogens (tertiary/aromatic N) is 1. The third kappa shape index (κ3) is 3.50. The highest BCUT2D eigenvalue weighted by atomic mass is 79.9. The van der Waals surface area contributed by atoms with Gasteiger partial charge in [0.15, 0.2) is 0 Å². The van der Waals surface area contributed by atoms with Crippen LogP contribution in [-0.4, -0.2) is 24.0 Å². The molecule has 96 valence electrons. The van der Waals surface area contributed by atoms with E-state index in [4.69, 9.17) is 5.73 Å². The number of hydrogen-bond acceptors (Lipinski definition) is 2. The second-order valence-electron chi connectivity index (χ2n) is 4.35. The van der Waals surface area contributed by atoms with Crippen LogP contribution in [0.15, 0.2) is 22.7 Å². The maximum atomic E-state index is 13.2. The molecule has 0 bridgehead atoms. The Labute approximate surface area is 111 Å². The van der Waals surface area contributed by atoms with E-state index >= 15 is 0 Å². The SMILES string of the molecule is CCN(C(C)C)C(CN)c1ccc(F)c(Br)c1. The third-order valence-electron chi connectivity index (χ3n) is 2.98. The van der Waals surface area contributed by atoms with Gasteiger partial charge in [0.2, 0.25) is 0 Å². The topological polar surface area (TPSA) is 29.3 Å². The van der Waals surface area contributed by atoms with Gasteiger partial charge in [0.25, 0.3) is 0 Å². The van der Waals surface area contributed by atoms with Crippen LogP contribution in [0.1, 0.15) is 32.4 Å². The Balaban J connectivity index is 3.03. The first-order chi connectivity index (χ1) is 8.01. The van der Waals surface area contributed by atoms with Crippen LogP contribution < -0.4 is 5.73 Å². The molecule has 1 unspecified atom stereocenters. The molecule has 4 heteroatoms. The molecule has 0 fully saturated rings. The number of halogens is 2. The summed E-state index contributed by atoms with van der Waals surface area (Å²) in [5.74, 6) is -0.239. The van der Waals surface area contributed by atoms with Crippen molar-refractivity contribution >= 4 is 15.9 Å². The monoisotopic (exact) mass is 302 g/mol. The third-order valence-corrected chi connectivity index (χ3v) is 3.59. The molecule has 0 aliphatic carbocycles. The molecule has 0 amide bonds. The van der Waals surface area contributed by atoms with E-state index in [1.54, 1.807) is 0 Å². The van der Waals surface area contributed by atoms with Crippen LogP contribution in [0.4, 0.5) is 4.39 Å². The Morgan fingerprint density at radius 2 is 2.06 bits per heavy atom. The van der Waals surface area contributed by atoms with Gasteiger partial charge in [-0.25, -0.2) is 4.39 Å². The van der Waals surface area contributed by atoms with Crippen LogP contribution in [0.25, 0.3) is 0 Å². The summed E-state index contributed by atoms with van der Waals surface area (Å²) in [6.07, 6.45) is 0. The Morgan fingerprint density at radius 3 is 2.47 bits per heavy atom. The predicted molar refractivity (Wildman–Crippen MR) is 73.4 cm³/mol. The van der Waals surface area contributed by atoms with Crippen LogP contribution in [0.2, 0.25) is 0 Å². The highest BCUT2D eigenvalue weighted by Crippen LogP contribution is 2.26. The lowest BCUT2D eigenvalue weighted by Gasteiger charge is -2.33. The maximum Gasteiger partial charge on any atom is 0.137 e. The molecule has 17 heavy (non-hydrogen) atoms. The van der Waals surface area contributed by atoms with Gasteiger partial charge in [-0.15, -0.1) is 0 Å². The zero-order chi connectivity index (χ0) is 13.0. The smallest absolute Gasteiger partial charge is 0.137 e. The fraction of sp³-hybridized carbons (Fsp3) is 0.538. The second kappa shape index (κ2) is 6.47. The van der Waals surface area contributed by atoms with Crippen molar-refractivity contribution in [1.82, 2.24) is 4.90 Å². The molecular weight excluding hydrogens is 283 g/mol. The molecule has 0 aliphatic rings. The molecule has 0 aliphatic heterocycles. The largest absolute Gasteiger partial charge is 0.329 e. The molecule has 1 aromatic rings. The lowest BCUT2D eigenvalue weighted by Crippen LogP contribution is -2.38. The standard InChI is InChI=1S/C13H20BrFN2/c1-4-17(9(2)3)13(8-16)10-5-6-12(15)11(14)7-10/h5-7,9,13H,4,8,16H2,1-3H3. The number of benzene rings is 1. The van der Waals surface area contributed by atoms with Crippen LogP contribution in [0.3, 0.4) is 0 Å².